The lowest BCUT2D eigenvalue weighted by molar-refractivity contribution is 0.0118. The number of halogens is 1. The van der Waals surface area contributed by atoms with E-state index >= 15 is 0 Å². The number of ether oxygens (including phenoxy) is 2. The third-order valence-electron chi connectivity index (χ3n) is 4.75. The Labute approximate surface area is 169 Å². The highest BCUT2D eigenvalue weighted by molar-refractivity contribution is 5.67. The summed E-state index contributed by atoms with van der Waals surface area (Å²) in [6.07, 6.45) is -0.868. The lowest BCUT2D eigenvalue weighted by Gasteiger charge is -2.21. The normalized spacial score (nSPS) is 15.4. The Morgan fingerprint density at radius 2 is 1.93 bits per heavy atom. The van der Waals surface area contributed by atoms with Crippen molar-refractivity contribution in [2.75, 3.05) is 13.2 Å². The van der Waals surface area contributed by atoms with Crippen LogP contribution in [0.4, 0.5) is 9.18 Å². The van der Waals surface area contributed by atoms with Crippen molar-refractivity contribution in [3.63, 3.8) is 0 Å². The smallest absolute Gasteiger partial charge is 0.407 e. The second-order valence-electron chi connectivity index (χ2n) is 7.23. The van der Waals surface area contributed by atoms with Gasteiger partial charge in [-0.1, -0.05) is 30.3 Å². The molecule has 2 aromatic rings. The Morgan fingerprint density at radius 3 is 2.66 bits per heavy atom. The van der Waals surface area contributed by atoms with Crippen molar-refractivity contribution in [3.8, 4) is 5.75 Å². The molecule has 0 aromatic heterocycles. The van der Waals surface area contributed by atoms with Crippen LogP contribution in [0.2, 0.25) is 0 Å². The van der Waals surface area contributed by atoms with E-state index in [-0.39, 0.29) is 25.1 Å². The Kier molecular flexibility index (Phi) is 7.43. The summed E-state index contributed by atoms with van der Waals surface area (Å²) in [4.78, 5) is 11.7. The summed E-state index contributed by atoms with van der Waals surface area (Å²) in [5, 5.41) is 23.3. The highest BCUT2D eigenvalue weighted by atomic mass is 19.1. The molecule has 156 valence electrons. The minimum Gasteiger partial charge on any atom is -0.493 e. The van der Waals surface area contributed by atoms with E-state index in [2.05, 4.69) is 5.32 Å². The predicted molar refractivity (Wildman–Crippen MR) is 105 cm³/mol. The molecule has 2 aromatic carbocycles. The molecular formula is C22H26FNO5. The van der Waals surface area contributed by atoms with Gasteiger partial charge in [0.05, 0.1) is 12.7 Å². The van der Waals surface area contributed by atoms with Gasteiger partial charge in [0.1, 0.15) is 24.3 Å². The molecule has 0 spiro atoms. The highest BCUT2D eigenvalue weighted by Gasteiger charge is 2.25. The van der Waals surface area contributed by atoms with Gasteiger partial charge >= 0.3 is 6.09 Å². The quantitative estimate of drug-likeness (QED) is 0.566. The molecule has 2 unspecified atom stereocenters. The fraction of sp³-hybridized carbons (Fsp3) is 0.409. The molecule has 1 fully saturated rings. The summed E-state index contributed by atoms with van der Waals surface area (Å²) >= 11 is 0. The van der Waals surface area contributed by atoms with E-state index in [9.17, 15) is 19.4 Å². The Bertz CT molecular complexity index is 797. The highest BCUT2D eigenvalue weighted by Crippen LogP contribution is 2.33. The standard InChI is InChI=1S/C22H26FNO5/c23-17-8-9-20(28-13-16-6-7-16)18(12-17)21(26)19(25)10-11-24-22(27)29-14-15-4-2-1-3-5-15/h1-5,8-9,12,16,19,21,25-26H,6-7,10-11,13-14H2,(H,24,27). The molecule has 1 amide bonds. The first kappa shape index (κ1) is 21.1. The lowest BCUT2D eigenvalue weighted by atomic mass is 10.0. The van der Waals surface area contributed by atoms with Crippen LogP contribution in [0.3, 0.4) is 0 Å². The van der Waals surface area contributed by atoms with E-state index in [1.165, 1.54) is 12.1 Å². The first-order valence-corrected chi connectivity index (χ1v) is 9.76. The number of aliphatic hydroxyl groups excluding tert-OH is 2. The van der Waals surface area contributed by atoms with E-state index < -0.39 is 24.1 Å². The molecular weight excluding hydrogens is 377 g/mol. The average Bonchev–Trinajstić information content (AvgIpc) is 3.56. The van der Waals surface area contributed by atoms with Crippen LogP contribution in [0.25, 0.3) is 0 Å². The Morgan fingerprint density at radius 1 is 1.17 bits per heavy atom. The molecule has 0 bridgehead atoms. The van der Waals surface area contributed by atoms with Crippen molar-refractivity contribution >= 4 is 6.09 Å². The van der Waals surface area contributed by atoms with Crippen LogP contribution in [0, 0.1) is 11.7 Å². The number of alkyl carbamates (subject to hydrolysis) is 1. The number of hydrogen-bond acceptors (Lipinski definition) is 5. The van der Waals surface area contributed by atoms with Crippen molar-refractivity contribution in [2.24, 2.45) is 5.92 Å². The van der Waals surface area contributed by atoms with E-state index in [4.69, 9.17) is 9.47 Å². The number of amides is 1. The number of rotatable bonds is 10. The van der Waals surface area contributed by atoms with E-state index in [1.54, 1.807) is 0 Å². The summed E-state index contributed by atoms with van der Waals surface area (Å²) in [5.74, 6) is 0.341. The zero-order chi connectivity index (χ0) is 20.6. The SMILES string of the molecule is O=C(NCCC(O)C(O)c1cc(F)ccc1OCC1CC1)OCc1ccccc1. The minimum atomic E-state index is -1.33. The second kappa shape index (κ2) is 10.2. The number of benzene rings is 2. The molecule has 0 heterocycles. The predicted octanol–water partition coefficient (Wildman–Crippen LogP) is 3.33. The number of carbonyl (C=O) groups is 1. The molecule has 6 nitrogen and oxygen atoms in total. The second-order valence-corrected chi connectivity index (χ2v) is 7.23. The van der Waals surface area contributed by atoms with Crippen LogP contribution in [-0.2, 0) is 11.3 Å². The van der Waals surface area contributed by atoms with Gasteiger partial charge in [0, 0.05) is 12.1 Å². The summed E-state index contributed by atoms with van der Waals surface area (Å²) in [6, 6.07) is 13.1. The van der Waals surface area contributed by atoms with Gasteiger partial charge in [0.25, 0.3) is 0 Å². The molecule has 0 radical (unpaired) electrons. The number of aliphatic hydroxyl groups is 2. The maximum Gasteiger partial charge on any atom is 0.407 e. The monoisotopic (exact) mass is 403 g/mol. The molecule has 3 rings (SSSR count). The van der Waals surface area contributed by atoms with Crippen LogP contribution in [0.5, 0.6) is 5.75 Å². The fourth-order valence-electron chi connectivity index (χ4n) is 2.84. The van der Waals surface area contributed by atoms with Crippen molar-refractivity contribution in [2.45, 2.75) is 38.1 Å². The Hall–Kier alpha value is -2.64. The molecule has 3 N–H and O–H groups in total. The average molecular weight is 403 g/mol. The first-order chi connectivity index (χ1) is 14.0. The van der Waals surface area contributed by atoms with Crippen LogP contribution in [-0.4, -0.2) is 35.6 Å². The molecule has 7 heteroatoms. The Balaban J connectivity index is 1.45. The summed E-state index contributed by atoms with van der Waals surface area (Å²) in [7, 11) is 0. The molecule has 1 saturated carbocycles. The topological polar surface area (TPSA) is 88.0 Å². The van der Waals surface area contributed by atoms with Gasteiger partial charge < -0.3 is 25.0 Å². The number of nitrogens with one attached hydrogen (secondary N) is 1. The first-order valence-electron chi connectivity index (χ1n) is 9.76. The zero-order valence-electron chi connectivity index (χ0n) is 16.1. The molecule has 0 aliphatic heterocycles. The third kappa shape index (κ3) is 6.73. The molecule has 2 atom stereocenters. The van der Waals surface area contributed by atoms with Crippen molar-refractivity contribution in [3.05, 3.63) is 65.5 Å². The van der Waals surface area contributed by atoms with Crippen molar-refractivity contribution in [1.82, 2.24) is 5.32 Å². The number of hydrogen-bond donors (Lipinski definition) is 3. The van der Waals surface area contributed by atoms with Crippen LogP contribution in [0.15, 0.2) is 48.5 Å². The van der Waals surface area contributed by atoms with Crippen molar-refractivity contribution < 1.29 is 28.9 Å². The third-order valence-corrected chi connectivity index (χ3v) is 4.75. The van der Waals surface area contributed by atoms with Crippen molar-refractivity contribution in [1.29, 1.82) is 0 Å². The van der Waals surface area contributed by atoms with Gasteiger partial charge in [-0.05, 0) is 48.9 Å². The van der Waals surface area contributed by atoms with Crippen LogP contribution >= 0.6 is 0 Å². The summed E-state index contributed by atoms with van der Waals surface area (Å²) in [6.45, 7) is 0.749. The maximum absolute atomic E-state index is 13.6. The van der Waals surface area contributed by atoms with E-state index in [1.807, 2.05) is 30.3 Å². The molecule has 0 saturated heterocycles. The van der Waals surface area contributed by atoms with Crippen LogP contribution < -0.4 is 10.1 Å². The minimum absolute atomic E-state index is 0.0696. The van der Waals surface area contributed by atoms with E-state index in [0.29, 0.717) is 18.3 Å². The lowest BCUT2D eigenvalue weighted by Crippen LogP contribution is -2.30. The zero-order valence-corrected chi connectivity index (χ0v) is 16.1. The maximum atomic E-state index is 13.6. The van der Waals surface area contributed by atoms with Gasteiger partial charge in [-0.3, -0.25) is 0 Å². The van der Waals surface area contributed by atoms with Gasteiger partial charge in [-0.15, -0.1) is 0 Å². The molecule has 29 heavy (non-hydrogen) atoms. The van der Waals surface area contributed by atoms with Gasteiger partial charge in [0.2, 0.25) is 0 Å². The molecule has 1 aliphatic carbocycles. The van der Waals surface area contributed by atoms with E-state index in [0.717, 1.165) is 24.5 Å². The fourth-order valence-corrected chi connectivity index (χ4v) is 2.84. The number of carbonyl (C=O) groups excluding carboxylic acids is 1. The summed E-state index contributed by atoms with van der Waals surface area (Å²) in [5.41, 5.74) is 1.06. The largest absolute Gasteiger partial charge is 0.493 e. The van der Waals surface area contributed by atoms with Crippen LogP contribution in [0.1, 0.15) is 36.5 Å². The molecule has 1 aliphatic rings. The van der Waals surface area contributed by atoms with Gasteiger partial charge in [-0.2, -0.15) is 0 Å². The van der Waals surface area contributed by atoms with Gasteiger partial charge in [0.15, 0.2) is 0 Å². The van der Waals surface area contributed by atoms with Gasteiger partial charge in [-0.25, -0.2) is 9.18 Å². The summed E-state index contributed by atoms with van der Waals surface area (Å²) < 4.78 is 24.4.